The van der Waals surface area contributed by atoms with Crippen LogP contribution in [0.25, 0.3) is 0 Å². The quantitative estimate of drug-likeness (QED) is 0.795. The summed E-state index contributed by atoms with van der Waals surface area (Å²) >= 11 is 1.34. The minimum atomic E-state index is -0.626. The highest BCUT2D eigenvalue weighted by Gasteiger charge is 2.40. The molecule has 8 heteroatoms. The number of thioether (sulfide) groups is 1. The number of aliphatic imine (C=N–C) groups is 1. The molecule has 1 unspecified atom stereocenters. The lowest BCUT2D eigenvalue weighted by Crippen LogP contribution is -2.35. The van der Waals surface area contributed by atoms with Gasteiger partial charge in [0.25, 0.3) is 0 Å². The van der Waals surface area contributed by atoms with Crippen LogP contribution in [0.1, 0.15) is 32.4 Å². The number of hydrogen-bond donors (Lipinski definition) is 1. The second kappa shape index (κ2) is 7.41. The van der Waals surface area contributed by atoms with Gasteiger partial charge in [0.15, 0.2) is 16.7 Å². The number of allylic oxidation sites excluding steroid dienone is 1. The maximum absolute atomic E-state index is 12.6. The number of amides is 1. The van der Waals surface area contributed by atoms with Crippen molar-refractivity contribution in [3.05, 3.63) is 35.0 Å². The fourth-order valence-electron chi connectivity index (χ4n) is 2.96. The van der Waals surface area contributed by atoms with Gasteiger partial charge in [-0.05, 0) is 38.5 Å². The van der Waals surface area contributed by atoms with E-state index in [-0.39, 0.29) is 18.3 Å². The molecule has 1 amide bonds. The molecule has 2 aliphatic rings. The van der Waals surface area contributed by atoms with Crippen LogP contribution in [-0.2, 0) is 14.3 Å². The van der Waals surface area contributed by atoms with Crippen molar-refractivity contribution in [2.24, 2.45) is 4.99 Å². The Morgan fingerprint density at radius 3 is 2.85 bits per heavy atom. The van der Waals surface area contributed by atoms with Crippen LogP contribution >= 0.6 is 11.8 Å². The zero-order valence-corrected chi connectivity index (χ0v) is 15.6. The molecular formula is C18H20N2O5S. The number of benzene rings is 1. The maximum Gasteiger partial charge on any atom is 0.338 e. The Hall–Kier alpha value is -2.48. The Bertz CT molecular complexity index is 818. The summed E-state index contributed by atoms with van der Waals surface area (Å²) in [5, 5.41) is 10.5. The Balaban J connectivity index is 2.10. The molecule has 1 N–H and O–H groups in total. The van der Waals surface area contributed by atoms with Crippen LogP contribution < -0.4 is 4.74 Å². The molecule has 1 aromatic carbocycles. The number of amidine groups is 1. The minimum Gasteiger partial charge on any atom is -0.504 e. The summed E-state index contributed by atoms with van der Waals surface area (Å²) in [6.45, 7) is 5.89. The number of nitrogens with zero attached hydrogens (tertiary/aromatic N) is 2. The molecule has 0 bridgehead atoms. The highest BCUT2D eigenvalue weighted by Crippen LogP contribution is 2.41. The molecule has 2 heterocycles. The van der Waals surface area contributed by atoms with Crippen molar-refractivity contribution in [3.8, 4) is 11.5 Å². The molecule has 7 nitrogen and oxygen atoms in total. The largest absolute Gasteiger partial charge is 0.504 e. The van der Waals surface area contributed by atoms with E-state index in [4.69, 9.17) is 9.47 Å². The summed E-state index contributed by atoms with van der Waals surface area (Å²) in [6.07, 6.45) is 0. The zero-order valence-electron chi connectivity index (χ0n) is 14.8. The van der Waals surface area contributed by atoms with Gasteiger partial charge < -0.3 is 14.6 Å². The lowest BCUT2D eigenvalue weighted by Gasteiger charge is -2.29. The predicted molar refractivity (Wildman–Crippen MR) is 98.1 cm³/mol. The number of phenols is 1. The lowest BCUT2D eigenvalue weighted by atomic mass is 9.95. The third kappa shape index (κ3) is 3.16. The summed E-state index contributed by atoms with van der Waals surface area (Å²) in [7, 11) is 0. The summed E-state index contributed by atoms with van der Waals surface area (Å²) < 4.78 is 10.6. The SMILES string of the molecule is CCOC(=O)C1=C(C)N2C(=O)CSC2=NC1c1ccc(O)c(OCC)c1. The number of aromatic hydroxyl groups is 1. The van der Waals surface area contributed by atoms with Crippen LogP contribution in [-0.4, -0.2) is 46.0 Å². The molecular weight excluding hydrogens is 356 g/mol. The molecule has 2 aliphatic heterocycles. The van der Waals surface area contributed by atoms with Crippen molar-refractivity contribution >= 4 is 28.8 Å². The van der Waals surface area contributed by atoms with E-state index in [1.807, 2.05) is 6.92 Å². The standard InChI is InChI=1S/C18H20N2O5S/c1-4-24-13-8-11(6-7-12(13)21)16-15(17(23)25-5-2)10(3)20-14(22)9-26-18(20)19-16/h6-8,16,21H,4-5,9H2,1-3H3. The van der Waals surface area contributed by atoms with Gasteiger partial charge in [-0.1, -0.05) is 17.8 Å². The van der Waals surface area contributed by atoms with Gasteiger partial charge in [-0.3, -0.25) is 9.69 Å². The van der Waals surface area contributed by atoms with E-state index in [1.165, 1.54) is 22.7 Å². The van der Waals surface area contributed by atoms with Gasteiger partial charge in [0, 0.05) is 5.70 Å². The van der Waals surface area contributed by atoms with Crippen LogP contribution in [0, 0.1) is 0 Å². The number of carbonyl (C=O) groups is 2. The number of fused-ring (bicyclic) bond motifs is 1. The van der Waals surface area contributed by atoms with Gasteiger partial charge >= 0.3 is 5.97 Å². The second-order valence-corrected chi connectivity index (χ2v) is 6.65. The molecule has 1 aromatic rings. The van der Waals surface area contributed by atoms with Crippen LogP contribution in [0.4, 0.5) is 0 Å². The van der Waals surface area contributed by atoms with Gasteiger partial charge in [0.1, 0.15) is 6.04 Å². The Morgan fingerprint density at radius 2 is 2.15 bits per heavy atom. The van der Waals surface area contributed by atoms with Crippen molar-refractivity contribution in [3.63, 3.8) is 0 Å². The molecule has 0 aromatic heterocycles. The second-order valence-electron chi connectivity index (χ2n) is 5.71. The van der Waals surface area contributed by atoms with E-state index < -0.39 is 12.0 Å². The normalized spacial score (nSPS) is 19.3. The molecule has 1 atom stereocenters. The number of esters is 1. The Kier molecular flexibility index (Phi) is 5.22. The molecule has 0 spiro atoms. The minimum absolute atomic E-state index is 0.0181. The van der Waals surface area contributed by atoms with E-state index in [0.717, 1.165) is 0 Å². The fourth-order valence-corrected chi connectivity index (χ4v) is 3.89. The van der Waals surface area contributed by atoms with Crippen LogP contribution in [0.3, 0.4) is 0 Å². The Labute approximate surface area is 155 Å². The predicted octanol–water partition coefficient (Wildman–Crippen LogP) is 2.61. The summed E-state index contributed by atoms with van der Waals surface area (Å²) in [4.78, 5) is 30.8. The summed E-state index contributed by atoms with van der Waals surface area (Å²) in [6, 6.07) is 4.24. The molecule has 0 aliphatic carbocycles. The van der Waals surface area contributed by atoms with Gasteiger partial charge in [0.05, 0.1) is 24.5 Å². The van der Waals surface area contributed by atoms with Crippen LogP contribution in [0.15, 0.2) is 34.5 Å². The summed E-state index contributed by atoms with van der Waals surface area (Å²) in [5.74, 6) is 0.0209. The molecule has 0 saturated carbocycles. The smallest absolute Gasteiger partial charge is 0.338 e. The third-order valence-electron chi connectivity index (χ3n) is 4.10. The molecule has 3 rings (SSSR count). The fraction of sp³-hybridized carbons (Fsp3) is 0.389. The van der Waals surface area contributed by atoms with Crippen LogP contribution in [0.2, 0.25) is 0 Å². The van der Waals surface area contributed by atoms with E-state index >= 15 is 0 Å². The van der Waals surface area contributed by atoms with Gasteiger partial charge in [-0.2, -0.15) is 0 Å². The summed E-state index contributed by atoms with van der Waals surface area (Å²) in [5.41, 5.74) is 1.53. The van der Waals surface area contributed by atoms with Gasteiger partial charge in [0.2, 0.25) is 5.91 Å². The van der Waals surface area contributed by atoms with Crippen molar-refractivity contribution in [1.82, 2.24) is 4.90 Å². The molecule has 26 heavy (non-hydrogen) atoms. The monoisotopic (exact) mass is 376 g/mol. The van der Waals surface area contributed by atoms with Crippen molar-refractivity contribution in [1.29, 1.82) is 0 Å². The molecule has 0 radical (unpaired) electrons. The van der Waals surface area contributed by atoms with Gasteiger partial charge in [-0.25, -0.2) is 9.79 Å². The highest BCUT2D eigenvalue weighted by atomic mass is 32.2. The number of carbonyl (C=O) groups excluding carboxylic acids is 2. The first-order valence-electron chi connectivity index (χ1n) is 8.35. The first-order valence-corrected chi connectivity index (χ1v) is 9.33. The van der Waals surface area contributed by atoms with E-state index in [2.05, 4.69) is 4.99 Å². The average Bonchev–Trinajstić information content (AvgIpc) is 2.98. The number of rotatable bonds is 5. The van der Waals surface area contributed by atoms with Crippen molar-refractivity contribution in [2.45, 2.75) is 26.8 Å². The molecule has 1 saturated heterocycles. The molecule has 138 valence electrons. The maximum atomic E-state index is 12.6. The zero-order chi connectivity index (χ0) is 18.8. The first kappa shape index (κ1) is 18.3. The number of phenolic OH excluding ortho intramolecular Hbond substituents is 1. The highest BCUT2D eigenvalue weighted by molar-refractivity contribution is 8.15. The van der Waals surface area contributed by atoms with E-state index in [9.17, 15) is 14.7 Å². The lowest BCUT2D eigenvalue weighted by molar-refractivity contribution is -0.139. The average molecular weight is 376 g/mol. The number of hydrogen-bond acceptors (Lipinski definition) is 7. The molecule has 1 fully saturated rings. The van der Waals surface area contributed by atoms with E-state index in [0.29, 0.717) is 40.1 Å². The third-order valence-corrected chi connectivity index (χ3v) is 5.04. The Morgan fingerprint density at radius 1 is 1.38 bits per heavy atom. The number of ether oxygens (including phenoxy) is 2. The first-order chi connectivity index (χ1) is 12.5. The van der Waals surface area contributed by atoms with Crippen molar-refractivity contribution < 1.29 is 24.2 Å². The van der Waals surface area contributed by atoms with Crippen LogP contribution in [0.5, 0.6) is 11.5 Å². The van der Waals surface area contributed by atoms with Crippen molar-refractivity contribution in [2.75, 3.05) is 19.0 Å². The van der Waals surface area contributed by atoms with E-state index in [1.54, 1.807) is 26.0 Å². The van der Waals surface area contributed by atoms with Gasteiger partial charge in [-0.15, -0.1) is 0 Å². The topological polar surface area (TPSA) is 88.4 Å².